The van der Waals surface area contributed by atoms with Crippen molar-refractivity contribution in [3.05, 3.63) is 95.8 Å². The fourth-order valence-electron chi connectivity index (χ4n) is 3.46. The molecular weight excluding hydrogens is 460 g/mol. The second kappa shape index (κ2) is 9.51. The average molecular weight is 481 g/mol. The van der Waals surface area contributed by atoms with Gasteiger partial charge in [-0.05, 0) is 42.1 Å². The van der Waals surface area contributed by atoms with Gasteiger partial charge >= 0.3 is 11.9 Å². The van der Waals surface area contributed by atoms with Gasteiger partial charge in [0.25, 0.3) is 5.56 Å². The Labute approximate surface area is 197 Å². The van der Waals surface area contributed by atoms with Crippen LogP contribution in [0.5, 0.6) is 5.75 Å². The molecule has 3 aromatic rings. The highest BCUT2D eigenvalue weighted by molar-refractivity contribution is 7.10. The number of carbonyl (C=O) groups excluding carboxylic acids is 2. The number of fused-ring (bicyclic) bond motifs is 1. The minimum atomic E-state index is -0.618. The molecule has 0 spiro atoms. The summed E-state index contributed by atoms with van der Waals surface area (Å²) in [5, 5.41) is 1.90. The Morgan fingerprint density at radius 1 is 1.24 bits per heavy atom. The molecular formula is C24H20N2O5S2. The number of thiophene rings is 1. The van der Waals surface area contributed by atoms with Gasteiger partial charge in [0.15, 0.2) is 4.80 Å². The summed E-state index contributed by atoms with van der Waals surface area (Å²) in [5.41, 5.74) is 1.37. The zero-order valence-electron chi connectivity index (χ0n) is 17.9. The second-order valence-electron chi connectivity index (χ2n) is 7.15. The lowest BCUT2D eigenvalue weighted by molar-refractivity contribution is -0.138. The first-order valence-electron chi connectivity index (χ1n) is 10.0. The van der Waals surface area contributed by atoms with Gasteiger partial charge in [-0.3, -0.25) is 14.2 Å². The molecule has 1 atom stereocenters. The number of hydrogen-bond donors (Lipinski definition) is 0. The van der Waals surface area contributed by atoms with Crippen LogP contribution < -0.4 is 19.6 Å². The smallest absolute Gasteiger partial charge is 0.338 e. The number of rotatable bonds is 6. The van der Waals surface area contributed by atoms with Crippen LogP contribution in [0, 0.1) is 0 Å². The first-order chi connectivity index (χ1) is 15.9. The van der Waals surface area contributed by atoms with E-state index in [9.17, 15) is 14.4 Å². The highest BCUT2D eigenvalue weighted by Crippen LogP contribution is 2.33. The van der Waals surface area contributed by atoms with Gasteiger partial charge in [-0.15, -0.1) is 11.3 Å². The average Bonchev–Trinajstić information content (AvgIpc) is 3.41. The summed E-state index contributed by atoms with van der Waals surface area (Å²) in [6.45, 7) is 6.73. The Kier molecular flexibility index (Phi) is 6.52. The van der Waals surface area contributed by atoms with Gasteiger partial charge in [0.05, 0.1) is 15.8 Å². The first kappa shape index (κ1) is 22.6. The van der Waals surface area contributed by atoms with Crippen LogP contribution >= 0.6 is 22.7 Å². The Bertz CT molecular complexity index is 1430. The minimum Gasteiger partial charge on any atom is -0.458 e. The molecule has 7 nitrogen and oxygen atoms in total. The number of carbonyl (C=O) groups is 2. The number of thiazole rings is 1. The highest BCUT2D eigenvalue weighted by atomic mass is 32.1. The van der Waals surface area contributed by atoms with Crippen LogP contribution in [0.15, 0.2) is 75.5 Å². The molecule has 1 aliphatic heterocycles. The van der Waals surface area contributed by atoms with Gasteiger partial charge < -0.3 is 9.47 Å². The van der Waals surface area contributed by atoms with Crippen LogP contribution in [-0.2, 0) is 14.3 Å². The largest absolute Gasteiger partial charge is 0.458 e. The van der Waals surface area contributed by atoms with Gasteiger partial charge in [-0.1, -0.05) is 42.2 Å². The molecule has 0 N–H and O–H groups in total. The molecule has 3 heterocycles. The molecule has 1 aliphatic rings. The lowest BCUT2D eigenvalue weighted by atomic mass is 10.0. The maximum absolute atomic E-state index is 13.5. The van der Waals surface area contributed by atoms with E-state index in [1.807, 2.05) is 17.5 Å². The molecule has 1 unspecified atom stereocenters. The van der Waals surface area contributed by atoms with Crippen molar-refractivity contribution in [1.82, 2.24) is 4.57 Å². The normalized spacial score (nSPS) is 15.6. The van der Waals surface area contributed by atoms with Crippen molar-refractivity contribution in [2.75, 3.05) is 6.61 Å². The minimum absolute atomic E-state index is 0.0700. The monoisotopic (exact) mass is 480 g/mol. The van der Waals surface area contributed by atoms with Gasteiger partial charge in [-0.25, -0.2) is 9.79 Å². The van der Waals surface area contributed by atoms with E-state index in [1.165, 1.54) is 35.7 Å². The van der Waals surface area contributed by atoms with Crippen molar-refractivity contribution in [1.29, 1.82) is 0 Å². The van der Waals surface area contributed by atoms with E-state index >= 15 is 0 Å². The van der Waals surface area contributed by atoms with Crippen LogP contribution in [0.4, 0.5) is 0 Å². The summed E-state index contributed by atoms with van der Waals surface area (Å²) in [4.78, 5) is 43.3. The zero-order valence-corrected chi connectivity index (χ0v) is 19.6. The predicted molar refractivity (Wildman–Crippen MR) is 127 cm³/mol. The summed E-state index contributed by atoms with van der Waals surface area (Å²) >= 11 is 2.71. The third-order valence-corrected chi connectivity index (χ3v) is 6.73. The third-order valence-electron chi connectivity index (χ3n) is 4.83. The molecule has 9 heteroatoms. The number of ether oxygens (including phenoxy) is 2. The lowest BCUT2D eigenvalue weighted by Crippen LogP contribution is -2.39. The Balaban J connectivity index is 1.82. The number of benzene rings is 1. The van der Waals surface area contributed by atoms with Gasteiger partial charge in [0.1, 0.15) is 18.4 Å². The van der Waals surface area contributed by atoms with Crippen LogP contribution in [-0.4, -0.2) is 23.1 Å². The molecule has 0 amide bonds. The maximum Gasteiger partial charge on any atom is 0.338 e. The van der Waals surface area contributed by atoms with E-state index in [0.29, 0.717) is 26.4 Å². The van der Waals surface area contributed by atoms with Gasteiger partial charge in [0, 0.05) is 11.8 Å². The zero-order chi connectivity index (χ0) is 23.5. The number of allylic oxidation sites excluding steroid dienone is 1. The van der Waals surface area contributed by atoms with E-state index in [2.05, 4.69) is 11.6 Å². The van der Waals surface area contributed by atoms with E-state index in [-0.39, 0.29) is 12.2 Å². The number of hydrogen-bond acceptors (Lipinski definition) is 8. The molecule has 0 saturated carbocycles. The Morgan fingerprint density at radius 3 is 2.64 bits per heavy atom. The Hall–Kier alpha value is -3.56. The standard InChI is InChI=1S/C24H20N2O5S2/c1-4-11-30-23(29)20-14(2)25-24-26(21(20)18-6-5-12-32-18)22(28)19(33-24)13-16-7-9-17(10-8-16)31-15(3)27/h4-10,12-13,21H,1,11H2,2-3H3. The first-order valence-corrected chi connectivity index (χ1v) is 11.7. The summed E-state index contributed by atoms with van der Waals surface area (Å²) < 4.78 is 12.4. The fraction of sp³-hybridized carbons (Fsp3) is 0.167. The van der Waals surface area contributed by atoms with E-state index in [4.69, 9.17) is 9.47 Å². The fourth-order valence-corrected chi connectivity index (χ4v) is 5.33. The van der Waals surface area contributed by atoms with Gasteiger partial charge in [-0.2, -0.15) is 0 Å². The van der Waals surface area contributed by atoms with E-state index < -0.39 is 18.0 Å². The predicted octanol–water partition coefficient (Wildman–Crippen LogP) is 2.95. The summed E-state index contributed by atoms with van der Waals surface area (Å²) in [6, 6.07) is 10.00. The molecule has 0 radical (unpaired) electrons. The molecule has 0 bridgehead atoms. The van der Waals surface area contributed by atoms with Gasteiger partial charge in [0.2, 0.25) is 0 Å². The van der Waals surface area contributed by atoms with E-state index in [1.54, 1.807) is 41.8 Å². The number of nitrogens with zero attached hydrogens (tertiary/aromatic N) is 2. The van der Waals surface area contributed by atoms with Crippen LogP contribution in [0.3, 0.4) is 0 Å². The maximum atomic E-state index is 13.5. The van der Waals surface area contributed by atoms with Crippen molar-refractivity contribution >= 4 is 40.7 Å². The molecule has 0 saturated heterocycles. The van der Waals surface area contributed by atoms with Crippen LogP contribution in [0.1, 0.15) is 30.3 Å². The molecule has 4 rings (SSSR count). The highest BCUT2D eigenvalue weighted by Gasteiger charge is 2.33. The lowest BCUT2D eigenvalue weighted by Gasteiger charge is -2.23. The molecule has 0 fully saturated rings. The van der Waals surface area contributed by atoms with Crippen molar-refractivity contribution in [3.8, 4) is 5.75 Å². The second-order valence-corrected chi connectivity index (χ2v) is 9.14. The summed E-state index contributed by atoms with van der Waals surface area (Å²) in [6.07, 6.45) is 3.25. The Morgan fingerprint density at radius 2 is 2.00 bits per heavy atom. The third kappa shape index (κ3) is 4.64. The molecule has 1 aromatic carbocycles. The molecule has 168 valence electrons. The molecule has 2 aromatic heterocycles. The summed E-state index contributed by atoms with van der Waals surface area (Å²) in [5.74, 6) is -0.496. The SMILES string of the molecule is C=CCOC(=O)C1=C(C)N=c2sc(=Cc3ccc(OC(C)=O)cc3)c(=O)n2C1c1cccs1. The van der Waals surface area contributed by atoms with Crippen molar-refractivity contribution in [2.45, 2.75) is 19.9 Å². The van der Waals surface area contributed by atoms with Crippen molar-refractivity contribution in [2.24, 2.45) is 4.99 Å². The van der Waals surface area contributed by atoms with Crippen LogP contribution in [0.2, 0.25) is 0 Å². The molecule has 33 heavy (non-hydrogen) atoms. The van der Waals surface area contributed by atoms with Crippen molar-refractivity contribution < 1.29 is 19.1 Å². The van der Waals surface area contributed by atoms with E-state index in [0.717, 1.165) is 10.4 Å². The summed E-state index contributed by atoms with van der Waals surface area (Å²) in [7, 11) is 0. The number of esters is 2. The van der Waals surface area contributed by atoms with Crippen molar-refractivity contribution in [3.63, 3.8) is 0 Å². The number of aromatic nitrogens is 1. The topological polar surface area (TPSA) is 87.0 Å². The quantitative estimate of drug-likeness (QED) is 0.308. The van der Waals surface area contributed by atoms with Crippen LogP contribution in [0.25, 0.3) is 6.08 Å². The molecule has 0 aliphatic carbocycles.